The number of methoxy groups -OCH3 is 2. The number of hydrogen-bond donors (Lipinski definition) is 0. The molecule has 2 fully saturated rings. The molecule has 0 aliphatic carbocycles. The van der Waals surface area contributed by atoms with Gasteiger partial charge in [0.05, 0.1) is 19.1 Å². The molecule has 2 heterocycles. The third kappa shape index (κ3) is 5.09. The highest BCUT2D eigenvalue weighted by Crippen LogP contribution is 2.34. The lowest BCUT2D eigenvalue weighted by atomic mass is 10.2. The van der Waals surface area contributed by atoms with Crippen molar-refractivity contribution in [2.24, 2.45) is 0 Å². The largest absolute Gasteiger partial charge is 0.493 e. The summed E-state index contributed by atoms with van der Waals surface area (Å²) in [6.07, 6.45) is 2.06. The summed E-state index contributed by atoms with van der Waals surface area (Å²) in [6.45, 7) is 3.51. The first-order chi connectivity index (χ1) is 13.9. The third-order valence-electron chi connectivity index (χ3n) is 4.98. The highest BCUT2D eigenvalue weighted by atomic mass is 32.2. The van der Waals surface area contributed by atoms with Gasteiger partial charge in [-0.1, -0.05) is 30.0 Å². The topological polar surface area (TPSA) is 62.3 Å². The van der Waals surface area contributed by atoms with Crippen LogP contribution < -0.4 is 9.47 Å². The number of thioether (sulfide) groups is 1. The fourth-order valence-corrected chi connectivity index (χ4v) is 4.52. The number of likely N-dealkylation sites (N-methyl/N-ethyl adjacent to an activating group) is 1. The molecule has 29 heavy (non-hydrogen) atoms. The molecule has 3 rings (SSSR count). The monoisotopic (exact) mass is 435 g/mol. The maximum Gasteiger partial charge on any atom is 0.266 e. The smallest absolute Gasteiger partial charge is 0.266 e. The molecule has 0 bridgehead atoms. The number of rotatable bonds is 6. The van der Waals surface area contributed by atoms with Crippen LogP contribution in [0.2, 0.25) is 0 Å². The van der Waals surface area contributed by atoms with Crippen LogP contribution in [0.25, 0.3) is 6.08 Å². The van der Waals surface area contributed by atoms with Gasteiger partial charge in [0.15, 0.2) is 11.5 Å². The number of amides is 2. The molecule has 0 spiro atoms. The average Bonchev–Trinajstić information content (AvgIpc) is 2.99. The lowest BCUT2D eigenvalue weighted by molar-refractivity contribution is -0.133. The summed E-state index contributed by atoms with van der Waals surface area (Å²) in [7, 11) is 5.19. The van der Waals surface area contributed by atoms with Crippen LogP contribution in [0.1, 0.15) is 12.0 Å². The van der Waals surface area contributed by atoms with Crippen LogP contribution in [0.3, 0.4) is 0 Å². The number of hydrogen-bond acceptors (Lipinski definition) is 7. The number of carbonyl (C=O) groups excluding carboxylic acids is 2. The first-order valence-corrected chi connectivity index (χ1v) is 10.6. The number of piperazine rings is 1. The molecule has 0 radical (unpaired) electrons. The molecule has 9 heteroatoms. The second-order valence-electron chi connectivity index (χ2n) is 6.88. The second-order valence-corrected chi connectivity index (χ2v) is 8.56. The SMILES string of the molecule is COc1ccc(C=C2SC(=S)N(CCC(=O)N3CCN(C)CC3)C2=O)cc1OC. The minimum atomic E-state index is -0.166. The van der Waals surface area contributed by atoms with E-state index in [9.17, 15) is 9.59 Å². The fraction of sp³-hybridized carbons (Fsp3) is 0.450. The van der Waals surface area contributed by atoms with Crippen LogP contribution in [-0.2, 0) is 9.59 Å². The quantitative estimate of drug-likeness (QED) is 0.501. The van der Waals surface area contributed by atoms with Crippen molar-refractivity contribution in [1.82, 2.24) is 14.7 Å². The molecule has 1 aromatic carbocycles. The van der Waals surface area contributed by atoms with Crippen LogP contribution in [0.15, 0.2) is 23.1 Å². The van der Waals surface area contributed by atoms with Crippen LogP contribution >= 0.6 is 24.0 Å². The lowest BCUT2D eigenvalue weighted by Gasteiger charge is -2.32. The van der Waals surface area contributed by atoms with Gasteiger partial charge in [0, 0.05) is 39.1 Å². The Morgan fingerprint density at radius 2 is 1.86 bits per heavy atom. The van der Waals surface area contributed by atoms with Crippen molar-refractivity contribution < 1.29 is 19.1 Å². The van der Waals surface area contributed by atoms with Crippen molar-refractivity contribution in [3.05, 3.63) is 28.7 Å². The number of benzene rings is 1. The lowest BCUT2D eigenvalue weighted by Crippen LogP contribution is -2.47. The van der Waals surface area contributed by atoms with E-state index < -0.39 is 0 Å². The van der Waals surface area contributed by atoms with Crippen LogP contribution in [0.4, 0.5) is 0 Å². The zero-order valence-electron chi connectivity index (χ0n) is 16.8. The van der Waals surface area contributed by atoms with Gasteiger partial charge in [0.2, 0.25) is 5.91 Å². The molecule has 7 nitrogen and oxygen atoms in total. The first kappa shape index (κ1) is 21.6. The standard InChI is InChI=1S/C20H25N3O4S2/c1-21-8-10-22(11-9-21)18(24)6-7-23-19(25)17(29-20(23)28)13-14-4-5-15(26-2)16(12-14)27-3/h4-5,12-13H,6-11H2,1-3H3. The average molecular weight is 436 g/mol. The Kier molecular flexibility index (Phi) is 7.15. The number of nitrogens with zero attached hydrogens (tertiary/aromatic N) is 3. The zero-order chi connectivity index (χ0) is 21.0. The Bertz CT molecular complexity index is 835. The molecule has 0 saturated carbocycles. The van der Waals surface area contributed by atoms with Gasteiger partial charge in [-0.25, -0.2) is 0 Å². The van der Waals surface area contributed by atoms with E-state index in [0.29, 0.717) is 27.3 Å². The zero-order valence-corrected chi connectivity index (χ0v) is 18.5. The minimum Gasteiger partial charge on any atom is -0.493 e. The van der Waals surface area contributed by atoms with Crippen molar-refractivity contribution >= 4 is 46.2 Å². The van der Waals surface area contributed by atoms with E-state index in [1.165, 1.54) is 16.7 Å². The Hall–Kier alpha value is -2.10. The van der Waals surface area contributed by atoms with Gasteiger partial charge in [-0.3, -0.25) is 14.5 Å². The van der Waals surface area contributed by atoms with Crippen LogP contribution in [0.5, 0.6) is 11.5 Å². The highest BCUT2D eigenvalue weighted by Gasteiger charge is 2.32. The van der Waals surface area contributed by atoms with E-state index in [1.54, 1.807) is 26.4 Å². The summed E-state index contributed by atoms with van der Waals surface area (Å²) >= 11 is 6.63. The maximum atomic E-state index is 12.8. The second kappa shape index (κ2) is 9.60. The van der Waals surface area contributed by atoms with Crippen molar-refractivity contribution in [3.8, 4) is 11.5 Å². The molecule has 0 unspecified atom stereocenters. The minimum absolute atomic E-state index is 0.0658. The molecule has 0 aromatic heterocycles. The predicted octanol–water partition coefficient (Wildman–Crippen LogP) is 2.07. The molecular weight excluding hydrogens is 410 g/mol. The summed E-state index contributed by atoms with van der Waals surface area (Å²) in [5, 5.41) is 0. The van der Waals surface area contributed by atoms with E-state index in [2.05, 4.69) is 4.90 Å². The molecule has 0 N–H and O–H groups in total. The molecule has 2 saturated heterocycles. The van der Waals surface area contributed by atoms with Crippen molar-refractivity contribution in [1.29, 1.82) is 0 Å². The number of ether oxygens (including phenoxy) is 2. The normalized spacial score (nSPS) is 19.2. The molecule has 156 valence electrons. The van der Waals surface area contributed by atoms with Crippen LogP contribution in [0, 0.1) is 0 Å². The maximum absolute atomic E-state index is 12.8. The van der Waals surface area contributed by atoms with E-state index in [-0.39, 0.29) is 18.2 Å². The Morgan fingerprint density at radius 3 is 2.52 bits per heavy atom. The van der Waals surface area contributed by atoms with Crippen molar-refractivity contribution in [2.75, 3.05) is 54.0 Å². The molecule has 2 amide bonds. The van der Waals surface area contributed by atoms with E-state index in [4.69, 9.17) is 21.7 Å². The predicted molar refractivity (Wildman–Crippen MR) is 118 cm³/mol. The fourth-order valence-electron chi connectivity index (χ4n) is 3.21. The van der Waals surface area contributed by atoms with Gasteiger partial charge >= 0.3 is 0 Å². The molecular formula is C20H25N3O4S2. The van der Waals surface area contributed by atoms with Crippen molar-refractivity contribution in [3.63, 3.8) is 0 Å². The van der Waals surface area contributed by atoms with Gasteiger partial charge < -0.3 is 19.3 Å². The van der Waals surface area contributed by atoms with Gasteiger partial charge in [-0.2, -0.15) is 0 Å². The molecule has 1 aromatic rings. The van der Waals surface area contributed by atoms with Crippen molar-refractivity contribution in [2.45, 2.75) is 6.42 Å². The summed E-state index contributed by atoms with van der Waals surface area (Å²) in [4.78, 5) is 31.4. The summed E-state index contributed by atoms with van der Waals surface area (Å²) in [5.74, 6) is 1.12. The summed E-state index contributed by atoms with van der Waals surface area (Å²) < 4.78 is 11.0. The summed E-state index contributed by atoms with van der Waals surface area (Å²) in [6, 6.07) is 5.45. The number of carbonyl (C=O) groups is 2. The Morgan fingerprint density at radius 1 is 1.17 bits per heavy atom. The van der Waals surface area contributed by atoms with E-state index >= 15 is 0 Å². The summed E-state index contributed by atoms with van der Waals surface area (Å²) in [5.41, 5.74) is 0.816. The van der Waals surface area contributed by atoms with E-state index in [0.717, 1.165) is 31.7 Å². The molecule has 0 atom stereocenters. The third-order valence-corrected chi connectivity index (χ3v) is 6.36. The molecule has 2 aliphatic heterocycles. The van der Waals surface area contributed by atoms with E-state index in [1.807, 2.05) is 24.1 Å². The van der Waals surface area contributed by atoms with Gasteiger partial charge in [-0.15, -0.1) is 0 Å². The number of thiocarbonyl (C=S) groups is 1. The Labute approximate surface area is 180 Å². The Balaban J connectivity index is 1.63. The van der Waals surface area contributed by atoms with Gasteiger partial charge in [0.1, 0.15) is 4.32 Å². The molecule has 2 aliphatic rings. The van der Waals surface area contributed by atoms with Gasteiger partial charge in [0.25, 0.3) is 5.91 Å². The first-order valence-electron chi connectivity index (χ1n) is 9.36. The van der Waals surface area contributed by atoms with Crippen LogP contribution in [-0.4, -0.2) is 84.8 Å². The van der Waals surface area contributed by atoms with Gasteiger partial charge in [-0.05, 0) is 30.8 Å². The highest BCUT2D eigenvalue weighted by molar-refractivity contribution is 8.26.